The molecule has 2 aromatic rings. The van der Waals surface area contributed by atoms with Crippen LogP contribution in [0.15, 0.2) is 30.6 Å². The minimum atomic E-state index is -0.508. The van der Waals surface area contributed by atoms with Crippen molar-refractivity contribution >= 4 is 16.8 Å². The third kappa shape index (κ3) is 1.76. The van der Waals surface area contributed by atoms with Crippen molar-refractivity contribution in [2.75, 3.05) is 0 Å². The predicted octanol–water partition coefficient (Wildman–Crippen LogP) is 1.95. The Morgan fingerprint density at radius 2 is 2.00 bits per heavy atom. The Bertz CT molecular complexity index is 493. The van der Waals surface area contributed by atoms with Gasteiger partial charge in [0.1, 0.15) is 5.69 Å². The normalized spacial score (nSPS) is 10.3. The summed E-state index contributed by atoms with van der Waals surface area (Å²) < 4.78 is 0. The highest BCUT2D eigenvalue weighted by Gasteiger charge is 2.13. The number of para-hydroxylation sites is 1. The van der Waals surface area contributed by atoms with E-state index in [1.807, 2.05) is 13.0 Å². The maximum absolute atomic E-state index is 11.2. The molecular formula is C10H8ClN3O. The lowest BCUT2D eigenvalue weighted by Crippen LogP contribution is -2.07. The van der Waals surface area contributed by atoms with Crippen LogP contribution in [0.1, 0.15) is 15.9 Å². The van der Waals surface area contributed by atoms with Crippen molar-refractivity contribution in [3.8, 4) is 5.69 Å². The van der Waals surface area contributed by atoms with Crippen LogP contribution in [-0.2, 0) is 0 Å². The van der Waals surface area contributed by atoms with Crippen molar-refractivity contribution in [3.63, 3.8) is 0 Å². The van der Waals surface area contributed by atoms with E-state index in [0.717, 1.165) is 5.56 Å². The smallest absolute Gasteiger partial charge is 0.254 e. The van der Waals surface area contributed by atoms with Gasteiger partial charge in [-0.1, -0.05) is 12.1 Å². The number of benzene rings is 1. The predicted molar refractivity (Wildman–Crippen MR) is 56.3 cm³/mol. The average molecular weight is 222 g/mol. The lowest BCUT2D eigenvalue weighted by molar-refractivity contribution is 0.108. The molecule has 0 fully saturated rings. The number of carbonyl (C=O) groups excluding carboxylic acids is 1. The fourth-order valence-corrected chi connectivity index (χ4v) is 1.57. The van der Waals surface area contributed by atoms with Crippen molar-refractivity contribution in [3.05, 3.63) is 41.7 Å². The Balaban J connectivity index is 2.68. The molecule has 1 aromatic carbocycles. The highest BCUT2D eigenvalue weighted by atomic mass is 35.5. The number of carbonyl (C=O) groups is 1. The van der Waals surface area contributed by atoms with Crippen LogP contribution in [0.3, 0.4) is 0 Å². The zero-order valence-corrected chi connectivity index (χ0v) is 8.77. The van der Waals surface area contributed by atoms with Gasteiger partial charge >= 0.3 is 0 Å². The van der Waals surface area contributed by atoms with Crippen LogP contribution < -0.4 is 0 Å². The summed E-state index contributed by atoms with van der Waals surface area (Å²) in [6.07, 6.45) is 3.10. The number of halogens is 1. The summed E-state index contributed by atoms with van der Waals surface area (Å²) in [4.78, 5) is 12.6. The van der Waals surface area contributed by atoms with E-state index < -0.39 is 5.24 Å². The van der Waals surface area contributed by atoms with Gasteiger partial charge in [0, 0.05) is 0 Å². The Morgan fingerprint density at radius 3 is 2.60 bits per heavy atom. The van der Waals surface area contributed by atoms with E-state index in [-0.39, 0.29) is 0 Å². The van der Waals surface area contributed by atoms with Gasteiger partial charge in [0.15, 0.2) is 0 Å². The van der Waals surface area contributed by atoms with E-state index in [9.17, 15) is 4.79 Å². The highest BCUT2D eigenvalue weighted by molar-refractivity contribution is 6.68. The van der Waals surface area contributed by atoms with Crippen LogP contribution in [0.25, 0.3) is 5.69 Å². The molecule has 0 N–H and O–H groups in total. The topological polar surface area (TPSA) is 47.8 Å². The number of nitrogens with zero attached hydrogens (tertiary/aromatic N) is 3. The molecular weight excluding hydrogens is 214 g/mol. The first-order valence-electron chi connectivity index (χ1n) is 4.36. The van der Waals surface area contributed by atoms with Gasteiger partial charge in [-0.25, -0.2) is 0 Å². The molecule has 4 nitrogen and oxygen atoms in total. The van der Waals surface area contributed by atoms with Gasteiger partial charge in [-0.2, -0.15) is 15.0 Å². The molecule has 0 aliphatic carbocycles. The number of aromatic nitrogens is 3. The molecule has 0 saturated carbocycles. The first kappa shape index (κ1) is 9.86. The molecule has 0 aliphatic heterocycles. The van der Waals surface area contributed by atoms with Gasteiger partial charge < -0.3 is 0 Å². The summed E-state index contributed by atoms with van der Waals surface area (Å²) >= 11 is 5.49. The molecule has 5 heteroatoms. The summed E-state index contributed by atoms with van der Waals surface area (Å²) in [7, 11) is 0. The van der Waals surface area contributed by atoms with Crippen molar-refractivity contribution in [2.24, 2.45) is 0 Å². The number of hydrogen-bond donors (Lipinski definition) is 0. The third-order valence-corrected chi connectivity index (χ3v) is 2.27. The molecule has 0 saturated heterocycles. The summed E-state index contributed by atoms with van der Waals surface area (Å²) in [6, 6.07) is 5.31. The van der Waals surface area contributed by atoms with Crippen LogP contribution in [0, 0.1) is 6.92 Å². The fraction of sp³-hybridized carbons (Fsp3) is 0.100. The standard InChI is InChI=1S/C10H8ClN3O/c1-7-3-2-4-8(10(11)15)9(7)14-12-5-6-13-14/h2-6H,1H3. The van der Waals surface area contributed by atoms with Gasteiger partial charge in [0.05, 0.1) is 18.0 Å². The fourth-order valence-electron chi connectivity index (χ4n) is 1.41. The first-order valence-corrected chi connectivity index (χ1v) is 4.74. The lowest BCUT2D eigenvalue weighted by atomic mass is 10.1. The quantitative estimate of drug-likeness (QED) is 0.729. The molecule has 0 amide bonds. The van der Waals surface area contributed by atoms with E-state index in [4.69, 9.17) is 11.6 Å². The third-order valence-electron chi connectivity index (χ3n) is 2.07. The van der Waals surface area contributed by atoms with Crippen molar-refractivity contribution in [1.29, 1.82) is 0 Å². The summed E-state index contributed by atoms with van der Waals surface area (Å²) in [5.74, 6) is 0. The van der Waals surface area contributed by atoms with E-state index in [0.29, 0.717) is 11.3 Å². The van der Waals surface area contributed by atoms with Gasteiger partial charge in [-0.3, -0.25) is 4.79 Å². The minimum absolute atomic E-state index is 0.410. The van der Waals surface area contributed by atoms with Crippen molar-refractivity contribution < 1.29 is 4.79 Å². The highest BCUT2D eigenvalue weighted by Crippen LogP contribution is 2.19. The van der Waals surface area contributed by atoms with Crippen LogP contribution in [-0.4, -0.2) is 20.2 Å². The SMILES string of the molecule is Cc1cccc(C(=O)Cl)c1-n1nccn1. The monoisotopic (exact) mass is 221 g/mol. The summed E-state index contributed by atoms with van der Waals surface area (Å²) in [6.45, 7) is 1.88. The second kappa shape index (κ2) is 3.82. The Labute approximate surface area is 91.5 Å². The Kier molecular flexibility index (Phi) is 2.51. The van der Waals surface area contributed by atoms with Gasteiger partial charge in [0.25, 0.3) is 5.24 Å². The largest absolute Gasteiger partial charge is 0.276 e. The molecule has 0 aliphatic rings. The molecule has 2 rings (SSSR count). The molecule has 76 valence electrons. The Morgan fingerprint density at radius 1 is 1.33 bits per heavy atom. The molecule has 0 bridgehead atoms. The maximum Gasteiger partial charge on any atom is 0.254 e. The second-order valence-electron chi connectivity index (χ2n) is 3.06. The number of rotatable bonds is 2. The average Bonchev–Trinajstić information content (AvgIpc) is 2.70. The minimum Gasteiger partial charge on any atom is -0.276 e. The lowest BCUT2D eigenvalue weighted by Gasteiger charge is -2.07. The van der Waals surface area contributed by atoms with Crippen LogP contribution in [0.4, 0.5) is 0 Å². The maximum atomic E-state index is 11.2. The summed E-state index contributed by atoms with van der Waals surface area (Å²) in [5, 5.41) is 7.46. The molecule has 15 heavy (non-hydrogen) atoms. The van der Waals surface area contributed by atoms with Gasteiger partial charge in [-0.05, 0) is 30.2 Å². The van der Waals surface area contributed by atoms with E-state index >= 15 is 0 Å². The van der Waals surface area contributed by atoms with Gasteiger partial charge in [-0.15, -0.1) is 0 Å². The molecule has 0 spiro atoms. The summed E-state index contributed by atoms with van der Waals surface area (Å²) in [5.41, 5.74) is 1.94. The van der Waals surface area contributed by atoms with E-state index in [2.05, 4.69) is 10.2 Å². The number of hydrogen-bond acceptors (Lipinski definition) is 3. The molecule has 1 heterocycles. The number of aryl methyl sites for hydroxylation is 1. The van der Waals surface area contributed by atoms with E-state index in [1.54, 1.807) is 24.5 Å². The zero-order chi connectivity index (χ0) is 10.8. The Hall–Kier alpha value is -1.68. The van der Waals surface area contributed by atoms with Gasteiger partial charge in [0.2, 0.25) is 0 Å². The van der Waals surface area contributed by atoms with Crippen LogP contribution >= 0.6 is 11.6 Å². The zero-order valence-electron chi connectivity index (χ0n) is 8.01. The molecule has 0 radical (unpaired) electrons. The first-order chi connectivity index (χ1) is 7.20. The van der Waals surface area contributed by atoms with Crippen LogP contribution in [0.5, 0.6) is 0 Å². The van der Waals surface area contributed by atoms with Crippen molar-refractivity contribution in [1.82, 2.24) is 15.0 Å². The second-order valence-corrected chi connectivity index (χ2v) is 3.41. The van der Waals surface area contributed by atoms with Crippen LogP contribution in [0.2, 0.25) is 0 Å². The molecule has 0 atom stereocenters. The van der Waals surface area contributed by atoms with Crippen molar-refractivity contribution in [2.45, 2.75) is 6.92 Å². The van der Waals surface area contributed by atoms with E-state index in [1.165, 1.54) is 4.80 Å². The molecule has 0 unspecified atom stereocenters. The molecule has 1 aromatic heterocycles.